The van der Waals surface area contributed by atoms with Crippen LogP contribution in [0, 0.1) is 0 Å². The molecule has 1 N–H and O–H groups in total. The second-order valence-corrected chi connectivity index (χ2v) is 6.06. The number of hydrogen-bond acceptors (Lipinski definition) is 3. The largest absolute Gasteiger partial charge is 0.494 e. The van der Waals surface area contributed by atoms with Crippen molar-refractivity contribution in [3.05, 3.63) is 59.2 Å². The molecule has 0 aromatic heterocycles. The van der Waals surface area contributed by atoms with E-state index in [1.54, 1.807) is 4.90 Å². The van der Waals surface area contributed by atoms with Gasteiger partial charge in [-0.25, -0.2) is 0 Å². The summed E-state index contributed by atoms with van der Waals surface area (Å²) in [7, 11) is 1.85. The second-order valence-electron chi connectivity index (χ2n) is 6.06. The van der Waals surface area contributed by atoms with Gasteiger partial charge in [-0.3, -0.25) is 4.79 Å². The van der Waals surface area contributed by atoms with Crippen molar-refractivity contribution in [2.75, 3.05) is 25.5 Å². The van der Waals surface area contributed by atoms with Gasteiger partial charge in [0.25, 0.3) is 5.91 Å². The predicted molar refractivity (Wildman–Crippen MR) is 104 cm³/mol. The quantitative estimate of drug-likeness (QED) is 0.871. The molecule has 0 saturated heterocycles. The zero-order valence-electron chi connectivity index (χ0n) is 14.7. The number of para-hydroxylation sites is 1. The Morgan fingerprint density at radius 3 is 2.80 bits per heavy atom. The first-order chi connectivity index (χ1) is 11.7. The third-order valence-corrected chi connectivity index (χ3v) is 4.35. The highest BCUT2D eigenvalue weighted by molar-refractivity contribution is 5.97. The van der Waals surface area contributed by atoms with Crippen LogP contribution in [0.3, 0.4) is 0 Å². The number of nitrogens with zero attached hydrogens (tertiary/aromatic N) is 1. The summed E-state index contributed by atoms with van der Waals surface area (Å²) in [5.74, 6) is 0.901. The molecule has 4 nitrogen and oxygen atoms in total. The lowest BCUT2D eigenvalue weighted by molar-refractivity contribution is 0.0783. The Labute approximate surface area is 155 Å². The Balaban J connectivity index is 0.00000225. The lowest BCUT2D eigenvalue weighted by Crippen LogP contribution is -2.28. The minimum absolute atomic E-state index is 0. The van der Waals surface area contributed by atoms with E-state index in [2.05, 4.69) is 11.4 Å². The third kappa shape index (κ3) is 4.26. The van der Waals surface area contributed by atoms with E-state index in [1.165, 1.54) is 0 Å². The normalized spacial score (nSPS) is 12.4. The highest BCUT2D eigenvalue weighted by Crippen LogP contribution is 2.27. The molecule has 25 heavy (non-hydrogen) atoms. The van der Waals surface area contributed by atoms with E-state index >= 15 is 0 Å². The molecule has 0 atom stereocenters. The summed E-state index contributed by atoms with van der Waals surface area (Å²) in [4.78, 5) is 14.7. The Hall–Kier alpha value is -2.20. The number of ether oxygens (including phenoxy) is 1. The van der Waals surface area contributed by atoms with Crippen LogP contribution in [0.5, 0.6) is 5.75 Å². The molecule has 0 saturated carbocycles. The molecule has 0 radical (unpaired) electrons. The summed E-state index contributed by atoms with van der Waals surface area (Å²) in [6.07, 6.45) is 2.02. The first kappa shape index (κ1) is 19.1. The molecular formula is C20H25ClN2O2. The van der Waals surface area contributed by atoms with Gasteiger partial charge >= 0.3 is 0 Å². The zero-order chi connectivity index (χ0) is 16.9. The maximum absolute atomic E-state index is 12.9. The van der Waals surface area contributed by atoms with Crippen LogP contribution in [-0.2, 0) is 13.0 Å². The van der Waals surface area contributed by atoms with E-state index in [0.717, 1.165) is 47.5 Å². The van der Waals surface area contributed by atoms with Gasteiger partial charge in [0.15, 0.2) is 0 Å². The fourth-order valence-electron chi connectivity index (χ4n) is 3.17. The first-order valence-corrected chi connectivity index (χ1v) is 8.52. The number of rotatable bonds is 5. The molecule has 0 unspecified atom stereocenters. The number of benzene rings is 2. The fraction of sp³-hybridized carbons (Fsp3) is 0.350. The number of nitrogens with one attached hydrogen (secondary N) is 1. The van der Waals surface area contributed by atoms with Gasteiger partial charge in [0.05, 0.1) is 6.61 Å². The first-order valence-electron chi connectivity index (χ1n) is 8.52. The molecule has 0 aliphatic carbocycles. The molecule has 0 bridgehead atoms. The van der Waals surface area contributed by atoms with E-state index in [1.807, 2.05) is 50.4 Å². The standard InChI is InChI=1S/C20H24N2O2.ClH/c1-3-24-19-12-5-4-8-15(19)14-22(2)20(23)17-9-6-11-18-16(17)10-7-13-21-18;/h4-6,8-9,11-12,21H,3,7,10,13-14H2,1-2H3;1H. The molecule has 134 valence electrons. The van der Waals surface area contributed by atoms with Crippen LogP contribution in [0.2, 0.25) is 0 Å². The van der Waals surface area contributed by atoms with Gasteiger partial charge in [-0.1, -0.05) is 24.3 Å². The lowest BCUT2D eigenvalue weighted by Gasteiger charge is -2.24. The monoisotopic (exact) mass is 360 g/mol. The lowest BCUT2D eigenvalue weighted by atomic mass is 9.97. The van der Waals surface area contributed by atoms with Gasteiger partial charge in [-0.05, 0) is 43.5 Å². The Morgan fingerprint density at radius 2 is 2.00 bits per heavy atom. The predicted octanol–water partition coefficient (Wildman–Crippen LogP) is 4.14. The number of carbonyl (C=O) groups excluding carboxylic acids is 1. The van der Waals surface area contributed by atoms with Gasteiger partial charge < -0.3 is 15.0 Å². The van der Waals surface area contributed by atoms with Crippen molar-refractivity contribution in [3.8, 4) is 5.75 Å². The molecule has 0 spiro atoms. The Morgan fingerprint density at radius 1 is 1.20 bits per heavy atom. The average molecular weight is 361 g/mol. The maximum Gasteiger partial charge on any atom is 0.254 e. The second kappa shape index (κ2) is 8.77. The van der Waals surface area contributed by atoms with Gasteiger partial charge in [0, 0.05) is 37.0 Å². The molecule has 1 heterocycles. The molecule has 1 amide bonds. The number of carbonyl (C=O) groups is 1. The van der Waals surface area contributed by atoms with Gasteiger partial charge in [0.1, 0.15) is 5.75 Å². The average Bonchev–Trinajstić information content (AvgIpc) is 2.62. The zero-order valence-corrected chi connectivity index (χ0v) is 15.6. The molecule has 0 fully saturated rings. The van der Waals surface area contributed by atoms with Gasteiger partial charge in [0.2, 0.25) is 0 Å². The molecular weight excluding hydrogens is 336 g/mol. The highest BCUT2D eigenvalue weighted by Gasteiger charge is 2.20. The van der Waals surface area contributed by atoms with Crippen molar-refractivity contribution in [2.45, 2.75) is 26.3 Å². The Kier molecular flexibility index (Phi) is 6.71. The molecule has 2 aromatic carbocycles. The topological polar surface area (TPSA) is 41.6 Å². The maximum atomic E-state index is 12.9. The van der Waals surface area contributed by atoms with Gasteiger partial charge in [-0.2, -0.15) is 0 Å². The fourth-order valence-corrected chi connectivity index (χ4v) is 3.17. The van der Waals surface area contributed by atoms with E-state index in [0.29, 0.717) is 13.2 Å². The van der Waals surface area contributed by atoms with E-state index < -0.39 is 0 Å². The van der Waals surface area contributed by atoms with Crippen LogP contribution in [-0.4, -0.2) is 31.0 Å². The van der Waals surface area contributed by atoms with Gasteiger partial charge in [-0.15, -0.1) is 12.4 Å². The number of amides is 1. The molecule has 1 aliphatic rings. The number of hydrogen-bond donors (Lipinski definition) is 1. The summed E-state index contributed by atoms with van der Waals surface area (Å²) < 4.78 is 5.67. The Bertz CT molecular complexity index is 733. The number of anilines is 1. The number of fused-ring (bicyclic) bond motifs is 1. The highest BCUT2D eigenvalue weighted by atomic mass is 35.5. The third-order valence-electron chi connectivity index (χ3n) is 4.35. The van der Waals surface area contributed by atoms with Crippen molar-refractivity contribution in [1.29, 1.82) is 0 Å². The van der Waals surface area contributed by atoms with Crippen LogP contribution >= 0.6 is 12.4 Å². The summed E-state index contributed by atoms with van der Waals surface area (Å²) >= 11 is 0. The molecule has 1 aliphatic heterocycles. The van der Waals surface area contributed by atoms with Crippen molar-refractivity contribution >= 4 is 24.0 Å². The van der Waals surface area contributed by atoms with E-state index in [-0.39, 0.29) is 18.3 Å². The van der Waals surface area contributed by atoms with E-state index in [9.17, 15) is 4.79 Å². The SMILES string of the molecule is CCOc1ccccc1CN(C)C(=O)c1cccc2c1CCCN2.Cl. The van der Waals surface area contributed by atoms with Crippen molar-refractivity contribution in [1.82, 2.24) is 4.90 Å². The smallest absolute Gasteiger partial charge is 0.254 e. The minimum Gasteiger partial charge on any atom is -0.494 e. The van der Waals surface area contributed by atoms with Crippen molar-refractivity contribution in [3.63, 3.8) is 0 Å². The van der Waals surface area contributed by atoms with Crippen LogP contribution in [0.25, 0.3) is 0 Å². The summed E-state index contributed by atoms with van der Waals surface area (Å²) in [5.41, 5.74) is 4.06. The van der Waals surface area contributed by atoms with Crippen molar-refractivity contribution in [2.24, 2.45) is 0 Å². The van der Waals surface area contributed by atoms with Crippen molar-refractivity contribution < 1.29 is 9.53 Å². The molecule has 5 heteroatoms. The number of halogens is 1. The molecule has 3 rings (SSSR count). The van der Waals surface area contributed by atoms with Crippen LogP contribution in [0.4, 0.5) is 5.69 Å². The van der Waals surface area contributed by atoms with Crippen LogP contribution in [0.1, 0.15) is 34.8 Å². The summed E-state index contributed by atoms with van der Waals surface area (Å²) in [6, 6.07) is 13.8. The minimum atomic E-state index is 0. The van der Waals surface area contributed by atoms with Crippen LogP contribution < -0.4 is 10.1 Å². The summed E-state index contributed by atoms with van der Waals surface area (Å²) in [6.45, 7) is 4.09. The van der Waals surface area contributed by atoms with E-state index in [4.69, 9.17) is 4.74 Å². The summed E-state index contributed by atoms with van der Waals surface area (Å²) in [5, 5.41) is 3.38. The van der Waals surface area contributed by atoms with Crippen LogP contribution in [0.15, 0.2) is 42.5 Å². The molecule has 2 aromatic rings.